The number of hydrazone groups is 1. The Morgan fingerprint density at radius 2 is 2.00 bits per heavy atom. The highest BCUT2D eigenvalue weighted by Gasteiger charge is 2.19. The minimum absolute atomic E-state index is 0.238. The fraction of sp³-hybridized carbons (Fsp3) is 0.0714. The summed E-state index contributed by atoms with van der Waals surface area (Å²) in [5.41, 5.74) is 0.707. The van der Waals surface area contributed by atoms with E-state index in [0.717, 1.165) is 6.07 Å². The number of nitrogens with one attached hydrogen (secondary N) is 1. The molecule has 2 rings (SSSR count). The van der Waals surface area contributed by atoms with Gasteiger partial charge in [0.2, 0.25) is 0 Å². The van der Waals surface area contributed by atoms with Crippen molar-refractivity contribution >= 4 is 33.5 Å². The molecule has 0 aliphatic carbocycles. The van der Waals surface area contributed by atoms with Crippen molar-refractivity contribution in [3.63, 3.8) is 0 Å². The molecule has 0 radical (unpaired) electrons. The summed E-state index contributed by atoms with van der Waals surface area (Å²) in [5, 5.41) is 15.0. The van der Waals surface area contributed by atoms with Crippen LogP contribution < -0.4 is 4.83 Å². The number of nitro groups is 1. The maximum absolute atomic E-state index is 12.1. The van der Waals surface area contributed by atoms with Gasteiger partial charge in [0.15, 0.2) is 0 Å². The van der Waals surface area contributed by atoms with Gasteiger partial charge in [-0.15, -0.1) is 0 Å². The molecule has 0 saturated carbocycles. The lowest BCUT2D eigenvalue weighted by atomic mass is 10.2. The third kappa shape index (κ3) is 4.27. The molecule has 0 atom stereocenters. The minimum Gasteiger partial charge on any atom is -0.258 e. The van der Waals surface area contributed by atoms with Gasteiger partial charge in [-0.2, -0.15) is 13.5 Å². The number of hydrogen-bond acceptors (Lipinski definition) is 5. The maximum atomic E-state index is 12.1. The summed E-state index contributed by atoms with van der Waals surface area (Å²) in [6.45, 7) is 1.53. The van der Waals surface area contributed by atoms with Crippen LogP contribution in [0.4, 0.5) is 5.69 Å². The minimum atomic E-state index is -4.00. The number of nitrogens with zero attached hydrogens (tertiary/aromatic N) is 2. The summed E-state index contributed by atoms with van der Waals surface area (Å²) in [7, 11) is -4.00. The first kappa shape index (κ1) is 16.9. The van der Waals surface area contributed by atoms with E-state index in [2.05, 4.69) is 5.10 Å². The molecule has 0 aliphatic heterocycles. The second-order valence-electron chi connectivity index (χ2n) is 4.61. The molecule has 7 nitrogen and oxygen atoms in total. The van der Waals surface area contributed by atoms with Gasteiger partial charge in [-0.3, -0.25) is 10.1 Å². The van der Waals surface area contributed by atoms with Crippen molar-refractivity contribution in [2.45, 2.75) is 11.8 Å². The summed E-state index contributed by atoms with van der Waals surface area (Å²) in [6, 6.07) is 10.3. The van der Waals surface area contributed by atoms with Crippen LogP contribution in [0, 0.1) is 17.0 Å². The average molecular weight is 354 g/mol. The summed E-state index contributed by atoms with van der Waals surface area (Å²) < 4.78 is 24.2. The van der Waals surface area contributed by atoms with Crippen LogP contribution in [0.5, 0.6) is 0 Å². The largest absolute Gasteiger partial charge is 0.276 e. The fourth-order valence-corrected chi connectivity index (χ4v) is 2.77. The van der Waals surface area contributed by atoms with Crippen LogP contribution in [0.2, 0.25) is 5.02 Å². The van der Waals surface area contributed by atoms with E-state index < -0.39 is 14.9 Å². The Bertz CT molecular complexity index is 881. The molecule has 120 valence electrons. The Labute approximate surface area is 137 Å². The summed E-state index contributed by atoms with van der Waals surface area (Å²) in [4.78, 5) is 12.0. The fourth-order valence-electron chi connectivity index (χ4n) is 1.76. The summed E-state index contributed by atoms with van der Waals surface area (Å²) >= 11 is 5.81. The first-order chi connectivity index (χ1) is 10.8. The van der Waals surface area contributed by atoms with Crippen LogP contribution in [0.15, 0.2) is 52.5 Å². The van der Waals surface area contributed by atoms with Gasteiger partial charge in [0.25, 0.3) is 15.7 Å². The lowest BCUT2D eigenvalue weighted by Crippen LogP contribution is -2.18. The van der Waals surface area contributed by atoms with Crippen molar-refractivity contribution < 1.29 is 13.3 Å². The Kier molecular flexibility index (Phi) is 4.97. The third-order valence-corrected chi connectivity index (χ3v) is 4.38. The molecular formula is C14H12ClN3O4S. The topological polar surface area (TPSA) is 102 Å². The normalized spacial score (nSPS) is 11.6. The molecule has 0 bridgehead atoms. The Morgan fingerprint density at radius 3 is 2.65 bits per heavy atom. The number of nitro benzene ring substituents is 1. The second kappa shape index (κ2) is 6.76. The molecule has 0 amide bonds. The van der Waals surface area contributed by atoms with Crippen molar-refractivity contribution in [3.8, 4) is 0 Å². The number of halogens is 1. The molecule has 0 aromatic heterocycles. The van der Waals surface area contributed by atoms with Crippen molar-refractivity contribution in [1.82, 2.24) is 4.83 Å². The number of benzene rings is 2. The SMILES string of the molecule is Cc1ccc(S(=O)(=O)N/N=C\c2cccc(Cl)c2)cc1[N+](=O)[O-]. The van der Waals surface area contributed by atoms with E-state index in [1.165, 1.54) is 25.3 Å². The van der Waals surface area contributed by atoms with Crippen LogP contribution in [-0.2, 0) is 10.0 Å². The standard InChI is InChI=1S/C14H12ClN3O4S/c1-10-5-6-13(8-14(10)18(19)20)23(21,22)17-16-9-11-3-2-4-12(15)7-11/h2-9,17H,1H3/b16-9-. The Morgan fingerprint density at radius 1 is 1.26 bits per heavy atom. The molecule has 1 N–H and O–H groups in total. The lowest BCUT2D eigenvalue weighted by Gasteiger charge is -2.04. The van der Waals surface area contributed by atoms with E-state index in [0.29, 0.717) is 16.1 Å². The van der Waals surface area contributed by atoms with E-state index in [4.69, 9.17) is 11.6 Å². The molecule has 2 aromatic rings. The molecule has 0 unspecified atom stereocenters. The highest BCUT2D eigenvalue weighted by molar-refractivity contribution is 7.89. The van der Waals surface area contributed by atoms with E-state index in [9.17, 15) is 18.5 Å². The van der Waals surface area contributed by atoms with Gasteiger partial charge >= 0.3 is 0 Å². The molecule has 0 aliphatic rings. The van der Waals surface area contributed by atoms with Crippen LogP contribution in [0.25, 0.3) is 0 Å². The van der Waals surface area contributed by atoms with Crippen molar-refractivity contribution in [1.29, 1.82) is 0 Å². The van der Waals surface area contributed by atoms with E-state index >= 15 is 0 Å². The van der Waals surface area contributed by atoms with Gasteiger partial charge in [-0.25, -0.2) is 4.83 Å². The average Bonchev–Trinajstić information content (AvgIpc) is 2.47. The predicted molar refractivity (Wildman–Crippen MR) is 87.2 cm³/mol. The van der Waals surface area contributed by atoms with Crippen LogP contribution in [0.3, 0.4) is 0 Å². The van der Waals surface area contributed by atoms with Crippen molar-refractivity contribution in [3.05, 3.63) is 68.7 Å². The van der Waals surface area contributed by atoms with Gasteiger partial charge in [0.1, 0.15) is 0 Å². The molecule has 0 spiro atoms. The molecule has 2 aromatic carbocycles. The zero-order valence-corrected chi connectivity index (χ0v) is 13.5. The smallest absolute Gasteiger partial charge is 0.258 e. The highest BCUT2D eigenvalue weighted by atomic mass is 35.5. The van der Waals surface area contributed by atoms with Crippen LogP contribution in [0.1, 0.15) is 11.1 Å². The van der Waals surface area contributed by atoms with Crippen molar-refractivity contribution in [2.75, 3.05) is 0 Å². The van der Waals surface area contributed by atoms with Crippen molar-refractivity contribution in [2.24, 2.45) is 5.10 Å². The summed E-state index contributed by atoms with van der Waals surface area (Å²) in [5.74, 6) is 0. The zero-order chi connectivity index (χ0) is 17.0. The third-order valence-electron chi connectivity index (χ3n) is 2.92. The first-order valence-corrected chi connectivity index (χ1v) is 8.21. The Balaban J connectivity index is 2.22. The Hall–Kier alpha value is -2.45. The molecule has 0 saturated heterocycles. The van der Waals surface area contributed by atoms with E-state index in [1.807, 2.05) is 4.83 Å². The molecular weight excluding hydrogens is 342 g/mol. The number of sulfonamides is 1. The van der Waals surface area contributed by atoms with Gasteiger partial charge in [0.05, 0.1) is 16.0 Å². The van der Waals surface area contributed by atoms with E-state index in [1.54, 1.807) is 24.3 Å². The van der Waals surface area contributed by atoms with Gasteiger partial charge in [-0.05, 0) is 30.7 Å². The zero-order valence-electron chi connectivity index (χ0n) is 11.9. The first-order valence-electron chi connectivity index (χ1n) is 6.35. The van der Waals surface area contributed by atoms with Crippen LogP contribution >= 0.6 is 11.6 Å². The quantitative estimate of drug-likeness (QED) is 0.507. The number of aryl methyl sites for hydroxylation is 1. The van der Waals surface area contributed by atoms with Crippen LogP contribution in [-0.4, -0.2) is 19.6 Å². The second-order valence-corrected chi connectivity index (χ2v) is 6.71. The lowest BCUT2D eigenvalue weighted by molar-refractivity contribution is -0.385. The van der Waals surface area contributed by atoms with Gasteiger partial charge in [-0.1, -0.05) is 29.8 Å². The van der Waals surface area contributed by atoms with Gasteiger partial charge < -0.3 is 0 Å². The predicted octanol–water partition coefficient (Wildman–Crippen LogP) is 2.87. The molecule has 23 heavy (non-hydrogen) atoms. The highest BCUT2D eigenvalue weighted by Crippen LogP contribution is 2.22. The number of rotatable bonds is 5. The molecule has 0 fully saturated rings. The molecule has 9 heteroatoms. The van der Waals surface area contributed by atoms with E-state index in [-0.39, 0.29) is 10.6 Å². The monoisotopic (exact) mass is 353 g/mol. The number of hydrogen-bond donors (Lipinski definition) is 1. The summed E-state index contributed by atoms with van der Waals surface area (Å²) in [6.07, 6.45) is 1.28. The molecule has 0 heterocycles. The van der Waals surface area contributed by atoms with Gasteiger partial charge in [0, 0.05) is 16.7 Å². The maximum Gasteiger partial charge on any atom is 0.276 e.